The van der Waals surface area contributed by atoms with E-state index in [1.54, 1.807) is 28.2 Å². The minimum atomic E-state index is -0.133. The van der Waals surface area contributed by atoms with Crippen LogP contribution in [0.2, 0.25) is 0 Å². The van der Waals surface area contributed by atoms with Gasteiger partial charge in [-0.3, -0.25) is 9.59 Å². The SMILES string of the molecule is C=CCN(CC(=O)N(Cc1ccccc1)Cc1ccco1)C(=O)Cc1cccs1. The third-order valence-corrected chi connectivity index (χ3v) is 5.31. The van der Waals surface area contributed by atoms with Gasteiger partial charge in [0.2, 0.25) is 11.8 Å². The highest BCUT2D eigenvalue weighted by atomic mass is 32.1. The van der Waals surface area contributed by atoms with Crippen molar-refractivity contribution in [1.29, 1.82) is 0 Å². The number of furan rings is 1. The van der Waals surface area contributed by atoms with E-state index in [9.17, 15) is 9.59 Å². The van der Waals surface area contributed by atoms with Gasteiger partial charge in [-0.05, 0) is 29.1 Å². The van der Waals surface area contributed by atoms with E-state index >= 15 is 0 Å². The number of hydrogen-bond acceptors (Lipinski definition) is 4. The van der Waals surface area contributed by atoms with Gasteiger partial charge in [-0.15, -0.1) is 17.9 Å². The Morgan fingerprint density at radius 1 is 0.966 bits per heavy atom. The van der Waals surface area contributed by atoms with Gasteiger partial charge in [0.1, 0.15) is 12.3 Å². The van der Waals surface area contributed by atoms with E-state index in [1.807, 2.05) is 53.9 Å². The first-order valence-corrected chi connectivity index (χ1v) is 10.3. The van der Waals surface area contributed by atoms with Gasteiger partial charge in [0.15, 0.2) is 0 Å². The van der Waals surface area contributed by atoms with Crippen molar-refractivity contribution in [2.45, 2.75) is 19.5 Å². The summed E-state index contributed by atoms with van der Waals surface area (Å²) < 4.78 is 5.43. The summed E-state index contributed by atoms with van der Waals surface area (Å²) in [6, 6.07) is 17.3. The molecule has 0 bridgehead atoms. The Balaban J connectivity index is 1.71. The fourth-order valence-electron chi connectivity index (χ4n) is 2.97. The number of benzene rings is 1. The zero-order chi connectivity index (χ0) is 20.5. The molecule has 6 heteroatoms. The van der Waals surface area contributed by atoms with Crippen LogP contribution in [0.25, 0.3) is 0 Å². The van der Waals surface area contributed by atoms with Crippen molar-refractivity contribution in [2.24, 2.45) is 0 Å². The average Bonchev–Trinajstić information content (AvgIpc) is 3.42. The highest BCUT2D eigenvalue weighted by Gasteiger charge is 2.22. The Labute approximate surface area is 174 Å². The van der Waals surface area contributed by atoms with Crippen LogP contribution in [-0.2, 0) is 29.1 Å². The Kier molecular flexibility index (Phi) is 7.41. The average molecular weight is 409 g/mol. The van der Waals surface area contributed by atoms with Crippen molar-refractivity contribution < 1.29 is 14.0 Å². The number of carbonyl (C=O) groups excluding carboxylic acids is 2. The first-order chi connectivity index (χ1) is 14.2. The molecule has 0 unspecified atom stereocenters. The molecule has 0 aliphatic carbocycles. The Morgan fingerprint density at radius 3 is 2.45 bits per heavy atom. The van der Waals surface area contributed by atoms with E-state index in [1.165, 1.54) is 11.3 Å². The van der Waals surface area contributed by atoms with Crippen LogP contribution in [0.5, 0.6) is 0 Å². The maximum absolute atomic E-state index is 13.1. The zero-order valence-electron chi connectivity index (χ0n) is 16.2. The third kappa shape index (κ3) is 6.19. The van der Waals surface area contributed by atoms with Gasteiger partial charge in [-0.25, -0.2) is 0 Å². The topological polar surface area (TPSA) is 53.8 Å². The first-order valence-electron chi connectivity index (χ1n) is 9.41. The van der Waals surface area contributed by atoms with Crippen molar-refractivity contribution >= 4 is 23.2 Å². The Morgan fingerprint density at radius 2 is 1.79 bits per heavy atom. The maximum atomic E-state index is 13.1. The molecule has 3 rings (SSSR count). The molecule has 0 saturated heterocycles. The van der Waals surface area contributed by atoms with Crippen molar-refractivity contribution in [3.05, 3.63) is 95.1 Å². The summed E-state index contributed by atoms with van der Waals surface area (Å²) in [4.78, 5) is 30.1. The van der Waals surface area contributed by atoms with E-state index in [0.29, 0.717) is 25.4 Å². The molecule has 0 spiro atoms. The fraction of sp³-hybridized carbons (Fsp3) is 0.217. The molecule has 1 aromatic carbocycles. The highest BCUT2D eigenvalue weighted by Crippen LogP contribution is 2.14. The van der Waals surface area contributed by atoms with Crippen LogP contribution in [0.15, 0.2) is 83.3 Å². The lowest BCUT2D eigenvalue weighted by molar-refractivity contribution is -0.140. The summed E-state index contributed by atoms with van der Waals surface area (Å²) in [7, 11) is 0. The number of thiophene rings is 1. The zero-order valence-corrected chi connectivity index (χ0v) is 17.0. The lowest BCUT2D eigenvalue weighted by Crippen LogP contribution is -2.43. The van der Waals surface area contributed by atoms with E-state index < -0.39 is 0 Å². The molecule has 0 fully saturated rings. The standard InChI is InChI=1S/C23H24N2O3S/c1-2-12-24(22(26)15-21-11-7-14-29-21)18-23(27)25(17-20-10-6-13-28-20)16-19-8-4-3-5-9-19/h2-11,13-14H,1,12,15-18H2. The van der Waals surface area contributed by atoms with Crippen LogP contribution >= 0.6 is 11.3 Å². The third-order valence-electron chi connectivity index (χ3n) is 4.43. The summed E-state index contributed by atoms with van der Waals surface area (Å²) >= 11 is 1.54. The highest BCUT2D eigenvalue weighted by molar-refractivity contribution is 7.10. The quantitative estimate of drug-likeness (QED) is 0.474. The van der Waals surface area contributed by atoms with Gasteiger partial charge in [0, 0.05) is 18.0 Å². The van der Waals surface area contributed by atoms with E-state index in [-0.39, 0.29) is 24.8 Å². The van der Waals surface area contributed by atoms with Gasteiger partial charge < -0.3 is 14.2 Å². The fourth-order valence-corrected chi connectivity index (χ4v) is 3.67. The minimum absolute atomic E-state index is 0.00374. The van der Waals surface area contributed by atoms with Gasteiger partial charge in [-0.1, -0.05) is 42.5 Å². The van der Waals surface area contributed by atoms with E-state index in [0.717, 1.165) is 10.4 Å². The lowest BCUT2D eigenvalue weighted by Gasteiger charge is -2.26. The Hall–Kier alpha value is -3.12. The van der Waals surface area contributed by atoms with Crippen LogP contribution < -0.4 is 0 Å². The Bertz CT molecular complexity index is 905. The van der Waals surface area contributed by atoms with Crippen LogP contribution in [0.1, 0.15) is 16.2 Å². The predicted molar refractivity (Wildman–Crippen MR) is 114 cm³/mol. The number of amides is 2. The second-order valence-corrected chi connectivity index (χ2v) is 7.67. The summed E-state index contributed by atoms with van der Waals surface area (Å²) in [6.07, 6.45) is 3.53. The monoisotopic (exact) mass is 408 g/mol. The molecule has 0 aliphatic rings. The predicted octanol–water partition coefficient (Wildman–Crippen LogP) is 4.13. The van der Waals surface area contributed by atoms with Crippen LogP contribution in [-0.4, -0.2) is 34.7 Å². The maximum Gasteiger partial charge on any atom is 0.242 e. The van der Waals surface area contributed by atoms with Crippen molar-refractivity contribution in [3.63, 3.8) is 0 Å². The summed E-state index contributed by atoms with van der Waals surface area (Å²) in [5.74, 6) is 0.486. The molecule has 5 nitrogen and oxygen atoms in total. The van der Waals surface area contributed by atoms with Gasteiger partial charge >= 0.3 is 0 Å². The molecular formula is C23H24N2O3S. The largest absolute Gasteiger partial charge is 0.467 e. The molecule has 29 heavy (non-hydrogen) atoms. The molecule has 0 N–H and O–H groups in total. The molecule has 0 radical (unpaired) electrons. The number of hydrogen-bond donors (Lipinski definition) is 0. The van der Waals surface area contributed by atoms with E-state index in [2.05, 4.69) is 6.58 Å². The number of nitrogens with zero attached hydrogens (tertiary/aromatic N) is 2. The second-order valence-electron chi connectivity index (χ2n) is 6.63. The van der Waals surface area contributed by atoms with Gasteiger partial charge in [-0.2, -0.15) is 0 Å². The van der Waals surface area contributed by atoms with Crippen LogP contribution in [0, 0.1) is 0 Å². The van der Waals surface area contributed by atoms with Crippen molar-refractivity contribution in [3.8, 4) is 0 Å². The first kappa shape index (κ1) is 20.6. The molecule has 150 valence electrons. The van der Waals surface area contributed by atoms with Crippen LogP contribution in [0.3, 0.4) is 0 Å². The van der Waals surface area contributed by atoms with Gasteiger partial charge in [0.05, 0.1) is 19.2 Å². The van der Waals surface area contributed by atoms with E-state index in [4.69, 9.17) is 4.42 Å². The van der Waals surface area contributed by atoms with Crippen LogP contribution in [0.4, 0.5) is 0 Å². The number of rotatable bonds is 10. The van der Waals surface area contributed by atoms with Gasteiger partial charge in [0.25, 0.3) is 0 Å². The normalized spacial score (nSPS) is 10.5. The molecule has 0 atom stereocenters. The van der Waals surface area contributed by atoms with Crippen molar-refractivity contribution in [2.75, 3.05) is 13.1 Å². The second kappa shape index (κ2) is 10.4. The molecule has 2 amide bonds. The summed E-state index contributed by atoms with van der Waals surface area (Å²) in [5.41, 5.74) is 1.02. The molecule has 0 aliphatic heterocycles. The summed E-state index contributed by atoms with van der Waals surface area (Å²) in [5, 5.41) is 1.94. The molecule has 0 saturated carbocycles. The smallest absolute Gasteiger partial charge is 0.242 e. The summed E-state index contributed by atoms with van der Waals surface area (Å²) in [6.45, 7) is 4.86. The lowest BCUT2D eigenvalue weighted by atomic mass is 10.2. The molecule has 3 aromatic rings. The minimum Gasteiger partial charge on any atom is -0.467 e. The molecular weight excluding hydrogens is 384 g/mol. The number of carbonyl (C=O) groups is 2. The molecule has 2 aromatic heterocycles. The van der Waals surface area contributed by atoms with Crippen molar-refractivity contribution in [1.82, 2.24) is 9.80 Å². The molecule has 2 heterocycles.